The molecule has 1 saturated carbocycles. The minimum atomic E-state index is 0.0248. The molecule has 1 saturated heterocycles. The van der Waals surface area contributed by atoms with Crippen LogP contribution < -0.4 is 0 Å². The third kappa shape index (κ3) is 3.71. The lowest BCUT2D eigenvalue weighted by atomic mass is 9.83. The van der Waals surface area contributed by atoms with Gasteiger partial charge in [0.15, 0.2) is 0 Å². The van der Waals surface area contributed by atoms with E-state index in [0.717, 1.165) is 17.9 Å². The molecule has 2 nitrogen and oxygen atoms in total. The van der Waals surface area contributed by atoms with E-state index in [0.29, 0.717) is 6.10 Å². The normalized spacial score (nSPS) is 31.7. The van der Waals surface area contributed by atoms with Crippen molar-refractivity contribution in [1.29, 1.82) is 0 Å². The number of hydrogen-bond acceptors (Lipinski definition) is 2. The van der Waals surface area contributed by atoms with Gasteiger partial charge >= 0.3 is 0 Å². The topological polar surface area (TPSA) is 12.5 Å². The van der Waals surface area contributed by atoms with Crippen LogP contribution in [0.5, 0.6) is 0 Å². The maximum atomic E-state index is 6.10. The summed E-state index contributed by atoms with van der Waals surface area (Å²) in [4.78, 5) is 2.71. The Morgan fingerprint density at radius 2 is 1.56 bits per heavy atom. The Balaban J connectivity index is 1.69. The zero-order valence-electron chi connectivity index (χ0n) is 12.9. The van der Waals surface area contributed by atoms with Crippen LogP contribution in [-0.4, -0.2) is 35.7 Å². The predicted molar refractivity (Wildman–Crippen MR) is 76.8 cm³/mol. The van der Waals surface area contributed by atoms with E-state index in [1.165, 1.54) is 38.8 Å². The van der Waals surface area contributed by atoms with Crippen molar-refractivity contribution >= 4 is 0 Å². The Morgan fingerprint density at radius 1 is 1.00 bits per heavy atom. The summed E-state index contributed by atoms with van der Waals surface area (Å²) in [5.74, 6) is 1.82. The van der Waals surface area contributed by atoms with Crippen molar-refractivity contribution in [2.45, 2.75) is 78.0 Å². The van der Waals surface area contributed by atoms with Crippen LogP contribution in [0.4, 0.5) is 0 Å². The summed E-state index contributed by atoms with van der Waals surface area (Å²) in [5.41, 5.74) is 0.0248. The average Bonchev–Trinajstić information content (AvgIpc) is 2.15. The van der Waals surface area contributed by atoms with Crippen LogP contribution in [0.2, 0.25) is 0 Å². The van der Waals surface area contributed by atoms with Gasteiger partial charge in [0.2, 0.25) is 0 Å². The second kappa shape index (κ2) is 5.50. The van der Waals surface area contributed by atoms with E-state index in [-0.39, 0.29) is 5.60 Å². The zero-order valence-corrected chi connectivity index (χ0v) is 12.9. The summed E-state index contributed by atoms with van der Waals surface area (Å²) in [5, 5.41) is 0. The summed E-state index contributed by atoms with van der Waals surface area (Å²) in [6.45, 7) is 13.9. The SMILES string of the molecule is CC(C)C1CN(C2CCC(OC(C)(C)C)CC2)C1. The summed E-state index contributed by atoms with van der Waals surface area (Å²) in [6, 6.07) is 0.847. The highest BCUT2D eigenvalue weighted by atomic mass is 16.5. The van der Waals surface area contributed by atoms with E-state index in [1.54, 1.807) is 0 Å². The molecule has 0 N–H and O–H groups in total. The van der Waals surface area contributed by atoms with Crippen molar-refractivity contribution in [3.8, 4) is 0 Å². The van der Waals surface area contributed by atoms with E-state index in [9.17, 15) is 0 Å². The van der Waals surface area contributed by atoms with E-state index < -0.39 is 0 Å². The molecule has 1 aliphatic carbocycles. The standard InChI is InChI=1S/C16H31NO/c1-12(2)13-10-17(11-13)14-6-8-15(9-7-14)18-16(3,4)5/h12-15H,6-11H2,1-5H3. The molecule has 0 bridgehead atoms. The number of nitrogens with zero attached hydrogens (tertiary/aromatic N) is 1. The molecule has 0 amide bonds. The largest absolute Gasteiger partial charge is 0.373 e. The summed E-state index contributed by atoms with van der Waals surface area (Å²) in [7, 11) is 0. The van der Waals surface area contributed by atoms with Crippen LogP contribution in [0.3, 0.4) is 0 Å². The van der Waals surface area contributed by atoms with Gasteiger partial charge in [-0.05, 0) is 58.3 Å². The molecule has 2 rings (SSSR count). The third-order valence-electron chi connectivity index (χ3n) is 4.56. The Labute approximate surface area is 113 Å². The van der Waals surface area contributed by atoms with Crippen LogP contribution in [0.25, 0.3) is 0 Å². The van der Waals surface area contributed by atoms with Crippen molar-refractivity contribution in [2.75, 3.05) is 13.1 Å². The van der Waals surface area contributed by atoms with E-state index in [1.807, 2.05) is 0 Å². The third-order valence-corrected chi connectivity index (χ3v) is 4.56. The molecular weight excluding hydrogens is 222 g/mol. The van der Waals surface area contributed by atoms with Crippen LogP contribution in [0.1, 0.15) is 60.3 Å². The van der Waals surface area contributed by atoms with Gasteiger partial charge in [-0.2, -0.15) is 0 Å². The Hall–Kier alpha value is -0.0800. The summed E-state index contributed by atoms with van der Waals surface area (Å²) >= 11 is 0. The quantitative estimate of drug-likeness (QED) is 0.760. The molecular formula is C16H31NO. The number of ether oxygens (including phenoxy) is 1. The summed E-state index contributed by atoms with van der Waals surface area (Å²) in [6.07, 6.45) is 5.69. The molecule has 1 aliphatic heterocycles. The van der Waals surface area contributed by atoms with Gasteiger partial charge in [-0.25, -0.2) is 0 Å². The Kier molecular flexibility index (Phi) is 4.38. The van der Waals surface area contributed by atoms with Crippen molar-refractivity contribution < 1.29 is 4.74 Å². The number of likely N-dealkylation sites (tertiary alicyclic amines) is 1. The molecule has 0 spiro atoms. The fraction of sp³-hybridized carbons (Fsp3) is 1.00. The smallest absolute Gasteiger partial charge is 0.0602 e. The molecule has 0 aromatic heterocycles. The lowest BCUT2D eigenvalue weighted by molar-refractivity contribution is -0.0886. The van der Waals surface area contributed by atoms with Gasteiger partial charge in [-0.15, -0.1) is 0 Å². The highest BCUT2D eigenvalue weighted by molar-refractivity contribution is 4.89. The molecule has 18 heavy (non-hydrogen) atoms. The first-order valence-corrected chi connectivity index (χ1v) is 7.77. The van der Waals surface area contributed by atoms with Gasteiger partial charge in [-0.3, -0.25) is 4.90 Å². The highest BCUT2D eigenvalue weighted by Crippen LogP contribution is 2.33. The molecule has 2 heteroatoms. The summed E-state index contributed by atoms with van der Waals surface area (Å²) < 4.78 is 6.10. The molecule has 2 fully saturated rings. The Bertz CT molecular complexity index is 255. The van der Waals surface area contributed by atoms with Crippen molar-refractivity contribution in [1.82, 2.24) is 4.90 Å². The van der Waals surface area contributed by atoms with Gasteiger partial charge in [0.1, 0.15) is 0 Å². The van der Waals surface area contributed by atoms with Gasteiger partial charge in [0.05, 0.1) is 11.7 Å². The van der Waals surface area contributed by atoms with Crippen molar-refractivity contribution in [2.24, 2.45) is 11.8 Å². The van der Waals surface area contributed by atoms with E-state index in [2.05, 4.69) is 39.5 Å². The monoisotopic (exact) mass is 253 g/mol. The van der Waals surface area contributed by atoms with Gasteiger partial charge in [0, 0.05) is 19.1 Å². The number of rotatable bonds is 3. The number of hydrogen-bond donors (Lipinski definition) is 0. The van der Waals surface area contributed by atoms with Crippen molar-refractivity contribution in [3.63, 3.8) is 0 Å². The van der Waals surface area contributed by atoms with Crippen LogP contribution in [-0.2, 0) is 4.74 Å². The predicted octanol–water partition coefficient (Wildman–Crippen LogP) is 3.70. The molecule has 2 aliphatic rings. The van der Waals surface area contributed by atoms with Crippen LogP contribution >= 0.6 is 0 Å². The second-order valence-electron chi connectivity index (χ2n) is 7.62. The first-order chi connectivity index (χ1) is 8.35. The van der Waals surface area contributed by atoms with E-state index >= 15 is 0 Å². The maximum Gasteiger partial charge on any atom is 0.0602 e. The lowest BCUT2D eigenvalue weighted by Gasteiger charge is -2.48. The van der Waals surface area contributed by atoms with Gasteiger partial charge in [0.25, 0.3) is 0 Å². The maximum absolute atomic E-state index is 6.10. The average molecular weight is 253 g/mol. The van der Waals surface area contributed by atoms with Gasteiger partial charge in [-0.1, -0.05) is 13.8 Å². The first kappa shape index (κ1) is 14.3. The fourth-order valence-electron chi connectivity index (χ4n) is 3.30. The van der Waals surface area contributed by atoms with Gasteiger partial charge < -0.3 is 4.74 Å². The van der Waals surface area contributed by atoms with Crippen LogP contribution in [0.15, 0.2) is 0 Å². The minimum absolute atomic E-state index is 0.0248. The molecule has 1 heterocycles. The fourth-order valence-corrected chi connectivity index (χ4v) is 3.30. The molecule has 106 valence electrons. The Morgan fingerprint density at radius 3 is 2.00 bits per heavy atom. The highest BCUT2D eigenvalue weighted by Gasteiger charge is 2.36. The zero-order chi connectivity index (χ0) is 13.3. The first-order valence-electron chi connectivity index (χ1n) is 7.77. The van der Waals surface area contributed by atoms with Crippen molar-refractivity contribution in [3.05, 3.63) is 0 Å². The lowest BCUT2D eigenvalue weighted by Crippen LogP contribution is -2.55. The molecule has 0 aromatic carbocycles. The minimum Gasteiger partial charge on any atom is -0.373 e. The molecule has 0 aromatic rings. The molecule has 0 atom stereocenters. The second-order valence-corrected chi connectivity index (χ2v) is 7.62. The molecule has 0 radical (unpaired) electrons. The van der Waals surface area contributed by atoms with E-state index in [4.69, 9.17) is 4.74 Å². The molecule has 0 unspecified atom stereocenters. The van der Waals surface area contributed by atoms with Crippen LogP contribution in [0, 0.1) is 11.8 Å².